The van der Waals surface area contributed by atoms with Gasteiger partial charge in [-0.2, -0.15) is 5.10 Å². The number of rotatable bonds is 7. The van der Waals surface area contributed by atoms with Gasteiger partial charge in [0.05, 0.1) is 5.88 Å². The summed E-state index contributed by atoms with van der Waals surface area (Å²) in [4.78, 5) is 25.0. The highest BCUT2D eigenvalue weighted by molar-refractivity contribution is 6.31. The summed E-state index contributed by atoms with van der Waals surface area (Å²) in [6.45, 7) is 8.09. The maximum atomic E-state index is 12.4. The van der Waals surface area contributed by atoms with Crippen LogP contribution in [-0.4, -0.2) is 88.1 Å². The zero-order chi connectivity index (χ0) is 18.2. The predicted octanol–water partition coefficient (Wildman–Crippen LogP) is 1.29. The second-order valence-corrected chi connectivity index (χ2v) is 6.71. The molecule has 7 nitrogen and oxygen atoms in total. The lowest BCUT2D eigenvalue weighted by Crippen LogP contribution is -2.47. The summed E-state index contributed by atoms with van der Waals surface area (Å²) in [5.41, 5.74) is 0.614. The number of carbonyl (C=O) groups excluding carboxylic acids is 1. The van der Waals surface area contributed by atoms with Crippen LogP contribution in [-0.2, 0) is 4.79 Å². The maximum Gasteiger partial charge on any atom is 0.224 e. The van der Waals surface area contributed by atoms with Crippen LogP contribution >= 0.6 is 11.6 Å². The van der Waals surface area contributed by atoms with E-state index in [2.05, 4.69) is 27.0 Å². The van der Waals surface area contributed by atoms with E-state index in [0.29, 0.717) is 24.5 Å². The standard InChI is InChI=1S/C17H27ClN6O/c1-14(2)24(21-15(13-18)17-19-6-4-7-20-17)8-5-16(25)23-11-9-22(3)10-12-23/h4,6-7,14H,5,8-13H2,1-3H3/b21-15+. The quantitative estimate of drug-likeness (QED) is 0.413. The molecular weight excluding hydrogens is 340 g/mol. The van der Waals surface area contributed by atoms with E-state index in [9.17, 15) is 4.79 Å². The minimum atomic E-state index is 0.155. The summed E-state index contributed by atoms with van der Waals surface area (Å²) in [7, 11) is 2.08. The summed E-state index contributed by atoms with van der Waals surface area (Å²) in [6, 6.07) is 1.91. The monoisotopic (exact) mass is 366 g/mol. The van der Waals surface area contributed by atoms with E-state index < -0.39 is 0 Å². The fourth-order valence-corrected chi connectivity index (χ4v) is 2.76. The molecule has 2 rings (SSSR count). The third kappa shape index (κ3) is 5.93. The van der Waals surface area contributed by atoms with E-state index in [0.717, 1.165) is 26.2 Å². The second kappa shape index (κ2) is 9.68. The number of hydrazone groups is 1. The van der Waals surface area contributed by atoms with E-state index in [4.69, 9.17) is 11.6 Å². The van der Waals surface area contributed by atoms with Crippen LogP contribution in [0.3, 0.4) is 0 Å². The Morgan fingerprint density at radius 1 is 1.28 bits per heavy atom. The molecule has 1 aromatic heterocycles. The molecule has 1 fully saturated rings. The molecule has 0 N–H and O–H groups in total. The first-order valence-electron chi connectivity index (χ1n) is 8.65. The van der Waals surface area contributed by atoms with Crippen LogP contribution in [0, 0.1) is 0 Å². The summed E-state index contributed by atoms with van der Waals surface area (Å²) in [5, 5.41) is 6.50. The molecule has 1 aliphatic heterocycles. The van der Waals surface area contributed by atoms with Crippen LogP contribution in [0.5, 0.6) is 0 Å². The maximum absolute atomic E-state index is 12.4. The van der Waals surface area contributed by atoms with Crippen LogP contribution < -0.4 is 0 Å². The van der Waals surface area contributed by atoms with Crippen molar-refractivity contribution in [2.24, 2.45) is 5.10 Å². The fraction of sp³-hybridized carbons (Fsp3) is 0.647. The van der Waals surface area contributed by atoms with E-state index in [1.807, 2.05) is 23.8 Å². The van der Waals surface area contributed by atoms with Gasteiger partial charge >= 0.3 is 0 Å². The molecular formula is C17H27ClN6O. The second-order valence-electron chi connectivity index (χ2n) is 6.44. The molecule has 0 radical (unpaired) electrons. The SMILES string of the molecule is CC(C)N(CCC(=O)N1CCN(C)CC1)/N=C(\CCl)c1ncccn1. The third-order valence-corrected chi connectivity index (χ3v) is 4.46. The van der Waals surface area contributed by atoms with Gasteiger partial charge in [0, 0.05) is 57.6 Å². The first-order valence-corrected chi connectivity index (χ1v) is 9.18. The van der Waals surface area contributed by atoms with Gasteiger partial charge in [0.25, 0.3) is 0 Å². The summed E-state index contributed by atoms with van der Waals surface area (Å²) >= 11 is 6.03. The number of aromatic nitrogens is 2. The van der Waals surface area contributed by atoms with Gasteiger partial charge in [0.15, 0.2) is 5.82 Å². The average Bonchev–Trinajstić information content (AvgIpc) is 2.62. The van der Waals surface area contributed by atoms with Gasteiger partial charge < -0.3 is 9.80 Å². The Balaban J connectivity index is 1.98. The highest BCUT2D eigenvalue weighted by Crippen LogP contribution is 2.08. The number of amides is 1. The Kier molecular flexibility index (Phi) is 7.58. The van der Waals surface area contributed by atoms with Crippen LogP contribution in [0.25, 0.3) is 0 Å². The molecule has 2 heterocycles. The summed E-state index contributed by atoms with van der Waals surface area (Å²) in [5.74, 6) is 0.922. The molecule has 8 heteroatoms. The number of carbonyl (C=O) groups is 1. The number of piperazine rings is 1. The summed E-state index contributed by atoms with van der Waals surface area (Å²) < 4.78 is 0. The third-order valence-electron chi connectivity index (χ3n) is 4.21. The zero-order valence-electron chi connectivity index (χ0n) is 15.2. The topological polar surface area (TPSA) is 64.9 Å². The van der Waals surface area contributed by atoms with Crippen molar-refractivity contribution in [1.29, 1.82) is 0 Å². The molecule has 0 aromatic carbocycles. The Hall–Kier alpha value is -1.73. The smallest absolute Gasteiger partial charge is 0.224 e. The van der Waals surface area contributed by atoms with Crippen molar-refractivity contribution in [2.45, 2.75) is 26.3 Å². The number of hydrogen-bond acceptors (Lipinski definition) is 6. The fourth-order valence-electron chi connectivity index (χ4n) is 2.58. The van der Waals surface area contributed by atoms with Crippen LogP contribution in [0.1, 0.15) is 26.1 Å². The molecule has 1 aromatic rings. The molecule has 138 valence electrons. The molecule has 1 aliphatic rings. The van der Waals surface area contributed by atoms with Crippen molar-refractivity contribution in [3.63, 3.8) is 0 Å². The highest BCUT2D eigenvalue weighted by Gasteiger charge is 2.20. The molecule has 0 spiro atoms. The van der Waals surface area contributed by atoms with Gasteiger partial charge in [-0.25, -0.2) is 9.97 Å². The van der Waals surface area contributed by atoms with Gasteiger partial charge in [0.1, 0.15) is 5.71 Å². The molecule has 25 heavy (non-hydrogen) atoms. The van der Waals surface area contributed by atoms with Crippen LogP contribution in [0.4, 0.5) is 0 Å². The Morgan fingerprint density at radius 3 is 2.48 bits per heavy atom. The zero-order valence-corrected chi connectivity index (χ0v) is 16.0. The Labute approximate surface area is 154 Å². The van der Waals surface area contributed by atoms with E-state index >= 15 is 0 Å². The Bertz CT molecular complexity index is 572. The van der Waals surface area contributed by atoms with E-state index in [1.54, 1.807) is 18.5 Å². The summed E-state index contributed by atoms with van der Waals surface area (Å²) in [6.07, 6.45) is 3.78. The number of nitrogens with zero attached hydrogens (tertiary/aromatic N) is 6. The van der Waals surface area contributed by atoms with Gasteiger partial charge in [-0.15, -0.1) is 11.6 Å². The van der Waals surface area contributed by atoms with Crippen LogP contribution in [0.15, 0.2) is 23.6 Å². The van der Waals surface area contributed by atoms with Crippen molar-refractivity contribution in [3.8, 4) is 0 Å². The van der Waals surface area contributed by atoms with Crippen molar-refractivity contribution in [2.75, 3.05) is 45.7 Å². The number of likely N-dealkylation sites (N-methyl/N-ethyl adjacent to an activating group) is 1. The highest BCUT2D eigenvalue weighted by atomic mass is 35.5. The van der Waals surface area contributed by atoms with Gasteiger partial charge in [-0.05, 0) is 27.0 Å². The first kappa shape index (κ1) is 19.6. The molecule has 0 bridgehead atoms. The van der Waals surface area contributed by atoms with Gasteiger partial charge in [-0.3, -0.25) is 9.80 Å². The molecule has 0 atom stereocenters. The minimum absolute atomic E-state index is 0.155. The van der Waals surface area contributed by atoms with Crippen molar-refractivity contribution < 1.29 is 4.79 Å². The van der Waals surface area contributed by atoms with Crippen LogP contribution in [0.2, 0.25) is 0 Å². The predicted molar refractivity (Wildman–Crippen MR) is 99.8 cm³/mol. The molecule has 0 unspecified atom stereocenters. The van der Waals surface area contributed by atoms with Crippen molar-refractivity contribution >= 4 is 23.2 Å². The molecule has 1 amide bonds. The number of alkyl halides is 1. The molecule has 1 saturated heterocycles. The minimum Gasteiger partial charge on any atom is -0.340 e. The normalized spacial score (nSPS) is 16.4. The first-order chi connectivity index (χ1) is 12.0. The Morgan fingerprint density at radius 2 is 1.92 bits per heavy atom. The lowest BCUT2D eigenvalue weighted by atomic mass is 10.2. The van der Waals surface area contributed by atoms with Gasteiger partial charge in [0.2, 0.25) is 5.91 Å². The van der Waals surface area contributed by atoms with E-state index in [1.165, 1.54) is 0 Å². The number of hydrogen-bond donors (Lipinski definition) is 0. The lowest BCUT2D eigenvalue weighted by Gasteiger charge is -2.33. The average molecular weight is 367 g/mol. The number of halogens is 1. The lowest BCUT2D eigenvalue weighted by molar-refractivity contribution is -0.133. The van der Waals surface area contributed by atoms with Crippen molar-refractivity contribution in [1.82, 2.24) is 24.8 Å². The van der Waals surface area contributed by atoms with E-state index in [-0.39, 0.29) is 17.8 Å². The molecule has 0 aliphatic carbocycles. The van der Waals surface area contributed by atoms with Gasteiger partial charge in [-0.1, -0.05) is 0 Å². The largest absolute Gasteiger partial charge is 0.340 e. The molecule has 0 saturated carbocycles. The van der Waals surface area contributed by atoms with Crippen molar-refractivity contribution in [3.05, 3.63) is 24.3 Å².